The highest BCUT2D eigenvalue weighted by molar-refractivity contribution is 5.45. The molecular formula is C18H24N2O. The van der Waals surface area contributed by atoms with Crippen molar-refractivity contribution in [3.05, 3.63) is 53.5 Å². The zero-order valence-electron chi connectivity index (χ0n) is 13.1. The lowest BCUT2D eigenvalue weighted by molar-refractivity contribution is 0.402. The van der Waals surface area contributed by atoms with Crippen LogP contribution in [-0.2, 0) is 13.1 Å². The van der Waals surface area contributed by atoms with Crippen molar-refractivity contribution >= 4 is 5.69 Å². The van der Waals surface area contributed by atoms with Gasteiger partial charge in [-0.15, -0.1) is 0 Å². The van der Waals surface area contributed by atoms with E-state index in [2.05, 4.69) is 67.6 Å². The van der Waals surface area contributed by atoms with E-state index in [1.54, 1.807) is 0 Å². The molecule has 2 unspecified atom stereocenters. The molecule has 1 N–H and O–H groups in total. The second-order valence-corrected chi connectivity index (χ2v) is 6.42. The van der Waals surface area contributed by atoms with E-state index in [9.17, 15) is 0 Å². The van der Waals surface area contributed by atoms with Gasteiger partial charge in [0, 0.05) is 18.2 Å². The van der Waals surface area contributed by atoms with Gasteiger partial charge in [-0.2, -0.15) is 0 Å². The number of furan rings is 1. The van der Waals surface area contributed by atoms with Gasteiger partial charge in [0.1, 0.15) is 11.5 Å². The van der Waals surface area contributed by atoms with Crippen molar-refractivity contribution in [3.8, 4) is 0 Å². The molecule has 1 aromatic carbocycles. The molecule has 112 valence electrons. The molecule has 1 aromatic heterocycles. The summed E-state index contributed by atoms with van der Waals surface area (Å²) in [4.78, 5) is 2.18. The third-order valence-corrected chi connectivity index (χ3v) is 4.05. The van der Waals surface area contributed by atoms with Crippen molar-refractivity contribution in [2.75, 3.05) is 19.4 Å². The summed E-state index contributed by atoms with van der Waals surface area (Å²) in [6.45, 7) is 3.98. The summed E-state index contributed by atoms with van der Waals surface area (Å²) in [5, 5.41) is 3.45. The molecule has 0 aliphatic heterocycles. The van der Waals surface area contributed by atoms with Crippen LogP contribution in [0.3, 0.4) is 0 Å². The first-order valence-corrected chi connectivity index (χ1v) is 7.68. The van der Waals surface area contributed by atoms with Gasteiger partial charge in [-0.1, -0.05) is 19.1 Å². The van der Waals surface area contributed by atoms with Crippen LogP contribution < -0.4 is 5.32 Å². The molecule has 1 fully saturated rings. The molecule has 0 radical (unpaired) electrons. The largest absolute Gasteiger partial charge is 0.464 e. The first-order chi connectivity index (χ1) is 10.1. The van der Waals surface area contributed by atoms with E-state index >= 15 is 0 Å². The number of hydrogen-bond acceptors (Lipinski definition) is 3. The molecule has 21 heavy (non-hydrogen) atoms. The van der Waals surface area contributed by atoms with Crippen molar-refractivity contribution < 1.29 is 4.42 Å². The average molecular weight is 284 g/mol. The number of benzene rings is 1. The monoisotopic (exact) mass is 284 g/mol. The van der Waals surface area contributed by atoms with Crippen LogP contribution >= 0.6 is 0 Å². The van der Waals surface area contributed by atoms with E-state index in [1.165, 1.54) is 12.0 Å². The predicted octanol–water partition coefficient (Wildman–Crippen LogP) is 4.08. The Morgan fingerprint density at radius 2 is 2.05 bits per heavy atom. The Bertz CT molecular complexity index is 603. The highest BCUT2D eigenvalue weighted by atomic mass is 16.3. The smallest absolute Gasteiger partial charge is 0.123 e. The minimum atomic E-state index is 0.655. The standard InChI is InChI=1S/C18H24N2O/c1-13-9-17(13)18-8-7-16(21-18)11-19-15-6-4-5-14(10-15)12-20(2)3/h4-8,10,13,17,19H,9,11-12H2,1-3H3. The van der Waals surface area contributed by atoms with Crippen LogP contribution in [0.25, 0.3) is 0 Å². The topological polar surface area (TPSA) is 28.4 Å². The van der Waals surface area contributed by atoms with Crippen LogP contribution in [0.5, 0.6) is 0 Å². The predicted molar refractivity (Wildman–Crippen MR) is 86.4 cm³/mol. The molecule has 3 rings (SSSR count). The molecule has 1 saturated carbocycles. The summed E-state index contributed by atoms with van der Waals surface area (Å²) < 4.78 is 5.92. The molecule has 0 amide bonds. The molecule has 3 nitrogen and oxygen atoms in total. The van der Waals surface area contributed by atoms with E-state index in [0.29, 0.717) is 5.92 Å². The lowest BCUT2D eigenvalue weighted by Crippen LogP contribution is -2.10. The summed E-state index contributed by atoms with van der Waals surface area (Å²) >= 11 is 0. The molecule has 1 heterocycles. The maximum atomic E-state index is 5.92. The van der Waals surface area contributed by atoms with Gasteiger partial charge in [0.15, 0.2) is 0 Å². The van der Waals surface area contributed by atoms with E-state index in [4.69, 9.17) is 4.42 Å². The fraction of sp³-hybridized carbons (Fsp3) is 0.444. The van der Waals surface area contributed by atoms with Gasteiger partial charge < -0.3 is 14.6 Å². The van der Waals surface area contributed by atoms with Gasteiger partial charge in [0.2, 0.25) is 0 Å². The minimum Gasteiger partial charge on any atom is -0.464 e. The van der Waals surface area contributed by atoms with E-state index in [-0.39, 0.29) is 0 Å². The third-order valence-electron chi connectivity index (χ3n) is 4.05. The molecule has 0 saturated heterocycles. The van der Waals surface area contributed by atoms with Crippen LogP contribution in [-0.4, -0.2) is 19.0 Å². The summed E-state index contributed by atoms with van der Waals surface area (Å²) in [6, 6.07) is 12.8. The van der Waals surface area contributed by atoms with Crippen molar-refractivity contribution in [3.63, 3.8) is 0 Å². The lowest BCUT2D eigenvalue weighted by atomic mass is 10.2. The zero-order valence-corrected chi connectivity index (χ0v) is 13.1. The lowest BCUT2D eigenvalue weighted by Gasteiger charge is -2.11. The van der Waals surface area contributed by atoms with Gasteiger partial charge in [-0.3, -0.25) is 0 Å². The summed E-state index contributed by atoms with van der Waals surface area (Å²) in [7, 11) is 4.17. The van der Waals surface area contributed by atoms with Gasteiger partial charge in [-0.25, -0.2) is 0 Å². The molecule has 1 aliphatic rings. The van der Waals surface area contributed by atoms with Gasteiger partial charge in [0.25, 0.3) is 0 Å². The molecular weight excluding hydrogens is 260 g/mol. The summed E-state index contributed by atoms with van der Waals surface area (Å²) in [5.41, 5.74) is 2.46. The van der Waals surface area contributed by atoms with E-state index in [1.807, 2.05) is 0 Å². The Balaban J connectivity index is 1.58. The van der Waals surface area contributed by atoms with E-state index < -0.39 is 0 Å². The fourth-order valence-electron chi connectivity index (χ4n) is 2.74. The highest BCUT2D eigenvalue weighted by Crippen LogP contribution is 2.47. The van der Waals surface area contributed by atoms with Crippen LogP contribution in [0, 0.1) is 5.92 Å². The molecule has 1 aliphatic carbocycles. The zero-order chi connectivity index (χ0) is 14.8. The van der Waals surface area contributed by atoms with Crippen molar-refractivity contribution in [2.45, 2.75) is 32.4 Å². The Hall–Kier alpha value is -1.74. The number of hydrogen-bond donors (Lipinski definition) is 1. The van der Waals surface area contributed by atoms with Crippen LogP contribution in [0.4, 0.5) is 5.69 Å². The normalized spacial score (nSPS) is 20.8. The molecule has 3 heteroatoms. The SMILES string of the molecule is CC1CC1c1ccc(CNc2cccc(CN(C)C)c2)o1. The van der Waals surface area contributed by atoms with Crippen LogP contribution in [0.1, 0.15) is 36.3 Å². The molecule has 2 aromatic rings. The Morgan fingerprint density at radius 1 is 1.24 bits per heavy atom. The van der Waals surface area contributed by atoms with Gasteiger partial charge >= 0.3 is 0 Å². The Morgan fingerprint density at radius 3 is 2.76 bits per heavy atom. The Kier molecular flexibility index (Phi) is 4.02. The number of nitrogens with one attached hydrogen (secondary N) is 1. The van der Waals surface area contributed by atoms with Crippen molar-refractivity contribution in [2.24, 2.45) is 5.92 Å². The highest BCUT2D eigenvalue weighted by Gasteiger charge is 2.36. The van der Waals surface area contributed by atoms with E-state index in [0.717, 1.165) is 36.2 Å². The summed E-state index contributed by atoms with van der Waals surface area (Å²) in [5.74, 6) is 3.62. The van der Waals surface area contributed by atoms with Crippen LogP contribution in [0.15, 0.2) is 40.8 Å². The average Bonchev–Trinajstić information content (AvgIpc) is 2.99. The quantitative estimate of drug-likeness (QED) is 0.866. The summed E-state index contributed by atoms with van der Waals surface area (Å²) in [6.07, 6.45) is 1.27. The first kappa shape index (κ1) is 14.2. The number of anilines is 1. The maximum absolute atomic E-state index is 5.92. The van der Waals surface area contributed by atoms with Crippen molar-refractivity contribution in [1.82, 2.24) is 4.90 Å². The third kappa shape index (κ3) is 3.67. The first-order valence-electron chi connectivity index (χ1n) is 7.68. The van der Waals surface area contributed by atoms with Crippen molar-refractivity contribution in [1.29, 1.82) is 0 Å². The van der Waals surface area contributed by atoms with Gasteiger partial charge in [-0.05, 0) is 56.3 Å². The second kappa shape index (κ2) is 5.94. The molecule has 0 spiro atoms. The fourth-order valence-corrected chi connectivity index (χ4v) is 2.74. The maximum Gasteiger partial charge on any atom is 0.123 e. The second-order valence-electron chi connectivity index (χ2n) is 6.42. The number of rotatable bonds is 6. The minimum absolute atomic E-state index is 0.655. The Labute approximate surface area is 127 Å². The number of nitrogens with zero attached hydrogens (tertiary/aromatic N) is 1. The van der Waals surface area contributed by atoms with Crippen LogP contribution in [0.2, 0.25) is 0 Å². The molecule has 2 atom stereocenters. The molecule has 0 bridgehead atoms. The van der Waals surface area contributed by atoms with Gasteiger partial charge in [0.05, 0.1) is 6.54 Å².